The zero-order valence-corrected chi connectivity index (χ0v) is 22.2. The summed E-state index contributed by atoms with van der Waals surface area (Å²) in [6.07, 6.45) is 7.82. The predicted octanol–water partition coefficient (Wildman–Crippen LogP) is 3.66. The molecule has 1 aliphatic heterocycles. The maximum absolute atomic E-state index is 12.9. The summed E-state index contributed by atoms with van der Waals surface area (Å²) in [5.74, 6) is 1.02. The number of rotatable bonds is 11. The van der Waals surface area contributed by atoms with Crippen LogP contribution in [-0.2, 0) is 0 Å². The molecule has 1 aromatic heterocycles. The first-order valence-corrected chi connectivity index (χ1v) is 12.8. The molecule has 1 fully saturated rings. The summed E-state index contributed by atoms with van der Waals surface area (Å²) in [5, 5.41) is 12.8. The third-order valence-corrected chi connectivity index (χ3v) is 6.19. The summed E-state index contributed by atoms with van der Waals surface area (Å²) < 4.78 is 10.8. The zero-order chi connectivity index (χ0) is 26.5. The number of aliphatic hydroxyl groups is 1. The van der Waals surface area contributed by atoms with Gasteiger partial charge in [0.2, 0.25) is 0 Å². The smallest absolute Gasteiger partial charge is 0.271 e. The highest BCUT2D eigenvalue weighted by atomic mass is 16.5. The lowest BCUT2D eigenvalue weighted by Crippen LogP contribution is -2.33. The number of methoxy groups -OCH3 is 2. The number of piperidine rings is 1. The molecule has 3 rings (SSSR count). The number of nitrogens with one attached hydrogen (secondary N) is 1. The van der Waals surface area contributed by atoms with E-state index in [0.717, 1.165) is 37.4 Å². The van der Waals surface area contributed by atoms with E-state index in [0.29, 0.717) is 30.3 Å². The van der Waals surface area contributed by atoms with E-state index < -0.39 is 0 Å². The molecule has 0 unspecified atom stereocenters. The minimum absolute atomic E-state index is 0.0695. The van der Waals surface area contributed by atoms with Crippen LogP contribution in [0.25, 0.3) is 0 Å². The van der Waals surface area contributed by atoms with Gasteiger partial charge < -0.3 is 29.7 Å². The number of nitrogens with zero attached hydrogens (tertiary/aromatic N) is 4. The number of ether oxygens (including phenoxy) is 2. The van der Waals surface area contributed by atoms with E-state index in [9.17, 15) is 9.90 Å². The molecule has 1 aromatic carbocycles. The maximum atomic E-state index is 12.9. The standard InChI is InChI=1S/C28H39N5O4/c1-22-17-23(33(15-16-34)24-18-25(36-2)20-26(19-24)37-3)9-7-10-29-21-27(31-22)28(35)30-11-8-14-32-12-5-4-6-13-32/h7,9-10,17-21,34H,4-6,8,11-16H2,1-3H3,(H,30,35). The molecule has 2 aromatic rings. The zero-order valence-electron chi connectivity index (χ0n) is 22.2. The Kier molecular flexibility index (Phi) is 11.4. The van der Waals surface area contributed by atoms with Crippen molar-refractivity contribution in [3.8, 4) is 11.5 Å². The molecule has 1 amide bonds. The van der Waals surface area contributed by atoms with Crippen LogP contribution in [0, 0.1) is 6.92 Å². The van der Waals surface area contributed by atoms with Crippen molar-refractivity contribution >= 4 is 17.3 Å². The van der Waals surface area contributed by atoms with Gasteiger partial charge in [0.15, 0.2) is 0 Å². The molecular formula is C28H39N5O4. The number of hydrogen-bond donors (Lipinski definition) is 2. The van der Waals surface area contributed by atoms with Crippen molar-refractivity contribution in [2.45, 2.75) is 32.6 Å². The summed E-state index contributed by atoms with van der Waals surface area (Å²) in [7, 11) is 3.19. The molecule has 0 spiro atoms. The van der Waals surface area contributed by atoms with Gasteiger partial charge in [-0.05, 0) is 64.0 Å². The van der Waals surface area contributed by atoms with Crippen molar-refractivity contribution in [2.24, 2.45) is 0 Å². The van der Waals surface area contributed by atoms with Crippen LogP contribution < -0.4 is 19.7 Å². The van der Waals surface area contributed by atoms with Crippen LogP contribution in [0.2, 0.25) is 0 Å². The van der Waals surface area contributed by atoms with Crippen molar-refractivity contribution in [3.05, 3.63) is 60.2 Å². The summed E-state index contributed by atoms with van der Waals surface area (Å²) >= 11 is 0. The lowest BCUT2D eigenvalue weighted by atomic mass is 10.1. The minimum Gasteiger partial charge on any atom is -0.497 e. The first-order chi connectivity index (χ1) is 18.0. The van der Waals surface area contributed by atoms with Gasteiger partial charge in [-0.2, -0.15) is 0 Å². The largest absolute Gasteiger partial charge is 0.497 e. The SMILES string of the molecule is COc1cc(OC)cc(N(CCO)c2cccncc(C(=O)NCCCN3CCCCC3)nc(C)c2)c1. The predicted molar refractivity (Wildman–Crippen MR) is 145 cm³/mol. The van der Waals surface area contributed by atoms with Crippen molar-refractivity contribution in [3.63, 3.8) is 0 Å². The minimum atomic E-state index is -0.251. The molecule has 0 radical (unpaired) electrons. The van der Waals surface area contributed by atoms with Gasteiger partial charge in [0.25, 0.3) is 5.91 Å². The average molecular weight is 510 g/mol. The van der Waals surface area contributed by atoms with Gasteiger partial charge in [0.1, 0.15) is 17.2 Å². The summed E-state index contributed by atoms with van der Waals surface area (Å²) in [6.45, 7) is 5.97. The summed E-state index contributed by atoms with van der Waals surface area (Å²) in [4.78, 5) is 26.0. The first kappa shape index (κ1) is 28.1. The molecule has 2 N–H and O–H groups in total. The quantitative estimate of drug-likeness (QED) is 0.443. The van der Waals surface area contributed by atoms with Crippen LogP contribution in [0.15, 0.2) is 48.8 Å². The molecule has 37 heavy (non-hydrogen) atoms. The summed E-state index contributed by atoms with van der Waals surface area (Å²) in [5.41, 5.74) is 2.42. The lowest BCUT2D eigenvalue weighted by molar-refractivity contribution is 0.0945. The Morgan fingerprint density at radius 2 is 1.81 bits per heavy atom. The Labute approximate surface area is 219 Å². The van der Waals surface area contributed by atoms with Crippen LogP contribution >= 0.6 is 0 Å². The Hall–Kier alpha value is -3.43. The Morgan fingerprint density at radius 1 is 1.08 bits per heavy atom. The maximum Gasteiger partial charge on any atom is 0.271 e. The number of benzene rings is 1. The Morgan fingerprint density at radius 3 is 2.49 bits per heavy atom. The van der Waals surface area contributed by atoms with Gasteiger partial charge in [-0.15, -0.1) is 0 Å². The van der Waals surface area contributed by atoms with Gasteiger partial charge in [-0.25, -0.2) is 4.98 Å². The number of likely N-dealkylation sites (tertiary alicyclic amines) is 1. The highest BCUT2D eigenvalue weighted by Gasteiger charge is 2.13. The van der Waals surface area contributed by atoms with E-state index in [1.807, 2.05) is 36.1 Å². The molecule has 0 aliphatic carbocycles. The van der Waals surface area contributed by atoms with Gasteiger partial charge in [-0.3, -0.25) is 9.78 Å². The first-order valence-electron chi connectivity index (χ1n) is 12.8. The van der Waals surface area contributed by atoms with Crippen LogP contribution in [0.1, 0.15) is 41.9 Å². The fourth-order valence-electron chi connectivity index (χ4n) is 4.33. The van der Waals surface area contributed by atoms with Gasteiger partial charge in [-0.1, -0.05) is 6.42 Å². The topological polar surface area (TPSA) is 100 Å². The highest BCUT2D eigenvalue weighted by molar-refractivity contribution is 5.91. The normalized spacial score (nSPS) is 13.4. The average Bonchev–Trinajstić information content (AvgIpc) is 2.92. The van der Waals surface area contributed by atoms with Crippen LogP contribution in [0.4, 0.5) is 11.4 Å². The highest BCUT2D eigenvalue weighted by Crippen LogP contribution is 2.32. The van der Waals surface area contributed by atoms with Gasteiger partial charge in [0.05, 0.1) is 27.0 Å². The fourth-order valence-corrected chi connectivity index (χ4v) is 4.33. The number of hydrogen-bond acceptors (Lipinski definition) is 8. The molecule has 1 saturated heterocycles. The number of aromatic nitrogens is 2. The lowest BCUT2D eigenvalue weighted by Gasteiger charge is -2.26. The second-order valence-corrected chi connectivity index (χ2v) is 8.95. The van der Waals surface area contributed by atoms with Crippen molar-refractivity contribution in [1.82, 2.24) is 20.2 Å². The van der Waals surface area contributed by atoms with E-state index >= 15 is 0 Å². The van der Waals surface area contributed by atoms with E-state index in [1.165, 1.54) is 25.5 Å². The monoisotopic (exact) mass is 509 g/mol. The number of amides is 1. The molecule has 0 saturated carbocycles. The molecule has 1 aliphatic rings. The second kappa shape index (κ2) is 15.0. The molecule has 0 bridgehead atoms. The van der Waals surface area contributed by atoms with E-state index in [1.54, 1.807) is 32.5 Å². The number of carbonyl (C=O) groups excluding carboxylic acids is 1. The van der Waals surface area contributed by atoms with Crippen LogP contribution in [-0.4, -0.2) is 79.4 Å². The fraction of sp³-hybridized carbons (Fsp3) is 0.464. The van der Waals surface area contributed by atoms with Crippen molar-refractivity contribution in [1.29, 1.82) is 0 Å². The number of aryl methyl sites for hydroxylation is 1. The van der Waals surface area contributed by atoms with Crippen molar-refractivity contribution in [2.75, 3.05) is 58.5 Å². The third kappa shape index (κ3) is 8.87. The number of aliphatic hydroxyl groups excluding tert-OH is 1. The van der Waals surface area contributed by atoms with E-state index in [-0.39, 0.29) is 18.2 Å². The van der Waals surface area contributed by atoms with E-state index in [4.69, 9.17) is 9.47 Å². The number of carbonyl (C=O) groups is 1. The molecule has 0 atom stereocenters. The molecule has 9 heteroatoms. The number of anilines is 2. The van der Waals surface area contributed by atoms with Crippen LogP contribution in [0.3, 0.4) is 0 Å². The molecule has 2 heterocycles. The van der Waals surface area contributed by atoms with Gasteiger partial charge >= 0.3 is 0 Å². The Balaban J connectivity index is 1.82. The van der Waals surface area contributed by atoms with Crippen molar-refractivity contribution < 1.29 is 19.4 Å². The second-order valence-electron chi connectivity index (χ2n) is 8.95. The Bertz CT molecular complexity index is 1050. The molecule has 9 nitrogen and oxygen atoms in total. The molecule has 200 valence electrons. The van der Waals surface area contributed by atoms with E-state index in [2.05, 4.69) is 20.2 Å². The van der Waals surface area contributed by atoms with Gasteiger partial charge in [0, 0.05) is 54.6 Å². The third-order valence-electron chi connectivity index (χ3n) is 6.19. The molecular weight excluding hydrogens is 470 g/mol. The van der Waals surface area contributed by atoms with Crippen LogP contribution in [0.5, 0.6) is 11.5 Å². The summed E-state index contributed by atoms with van der Waals surface area (Å²) in [6, 6.07) is 11.1.